The van der Waals surface area contributed by atoms with E-state index in [1.807, 2.05) is 47.1 Å². The number of hydrogen-bond acceptors (Lipinski definition) is 3. The maximum absolute atomic E-state index is 12.1. The first kappa shape index (κ1) is 16.1. The highest BCUT2D eigenvalue weighted by molar-refractivity contribution is 5.94. The first-order chi connectivity index (χ1) is 11.8. The van der Waals surface area contributed by atoms with Crippen molar-refractivity contribution in [3.05, 3.63) is 66.1 Å². The summed E-state index contributed by atoms with van der Waals surface area (Å²) in [5.41, 5.74) is 2.35. The Morgan fingerprint density at radius 1 is 1.25 bits per heavy atom. The molecule has 24 heavy (non-hydrogen) atoms. The number of ether oxygens (including phenoxy) is 1. The molecule has 0 radical (unpaired) electrons. The summed E-state index contributed by atoms with van der Waals surface area (Å²) < 4.78 is 7.74. The van der Waals surface area contributed by atoms with E-state index in [0.717, 1.165) is 24.2 Å². The number of aromatic nitrogens is 2. The number of nitrogens with one attached hydrogen (secondary N) is 1. The molecule has 124 valence electrons. The molecule has 0 fully saturated rings. The second kappa shape index (κ2) is 7.64. The van der Waals surface area contributed by atoms with Gasteiger partial charge in [-0.3, -0.25) is 4.79 Å². The van der Waals surface area contributed by atoms with Crippen LogP contribution in [0.4, 0.5) is 0 Å². The SMILES string of the molecule is CCCCNC(=O)c1cccc(OCc2cn3ccccc3n2)c1. The lowest BCUT2D eigenvalue weighted by atomic mass is 10.2. The van der Waals surface area contributed by atoms with Crippen LogP contribution < -0.4 is 10.1 Å². The first-order valence-corrected chi connectivity index (χ1v) is 8.20. The second-order valence-corrected chi connectivity index (χ2v) is 5.62. The van der Waals surface area contributed by atoms with Gasteiger partial charge in [0.15, 0.2) is 0 Å². The van der Waals surface area contributed by atoms with Crippen LogP contribution in [0.1, 0.15) is 35.8 Å². The van der Waals surface area contributed by atoms with Crippen molar-refractivity contribution < 1.29 is 9.53 Å². The molecule has 0 bridgehead atoms. The highest BCUT2D eigenvalue weighted by atomic mass is 16.5. The number of fused-ring (bicyclic) bond motifs is 1. The van der Waals surface area contributed by atoms with Gasteiger partial charge in [-0.05, 0) is 36.8 Å². The quantitative estimate of drug-likeness (QED) is 0.678. The Bertz CT molecular complexity index is 793. The van der Waals surface area contributed by atoms with Gasteiger partial charge in [-0.15, -0.1) is 0 Å². The molecule has 0 saturated carbocycles. The molecule has 2 heterocycles. The van der Waals surface area contributed by atoms with Gasteiger partial charge in [-0.25, -0.2) is 4.98 Å². The maximum atomic E-state index is 12.1. The third kappa shape index (κ3) is 3.93. The summed E-state index contributed by atoms with van der Waals surface area (Å²) >= 11 is 0. The molecule has 1 amide bonds. The summed E-state index contributed by atoms with van der Waals surface area (Å²) in [7, 11) is 0. The Balaban J connectivity index is 1.62. The van der Waals surface area contributed by atoms with Crippen LogP contribution in [0.3, 0.4) is 0 Å². The molecule has 0 aliphatic carbocycles. The number of carbonyl (C=O) groups excluding carboxylic acids is 1. The summed E-state index contributed by atoms with van der Waals surface area (Å²) in [6.07, 6.45) is 5.93. The summed E-state index contributed by atoms with van der Waals surface area (Å²) in [6, 6.07) is 13.1. The average molecular weight is 323 g/mol. The van der Waals surface area contributed by atoms with Crippen LogP contribution >= 0.6 is 0 Å². The molecule has 5 nitrogen and oxygen atoms in total. The normalized spacial score (nSPS) is 10.7. The summed E-state index contributed by atoms with van der Waals surface area (Å²) in [5, 5.41) is 2.91. The number of hydrogen-bond donors (Lipinski definition) is 1. The van der Waals surface area contributed by atoms with Gasteiger partial charge in [0.1, 0.15) is 18.0 Å². The molecule has 2 aromatic heterocycles. The van der Waals surface area contributed by atoms with E-state index in [-0.39, 0.29) is 5.91 Å². The van der Waals surface area contributed by atoms with E-state index in [4.69, 9.17) is 4.74 Å². The summed E-state index contributed by atoms with van der Waals surface area (Å²) in [6.45, 7) is 3.16. The molecular weight excluding hydrogens is 302 g/mol. The number of pyridine rings is 1. The minimum atomic E-state index is -0.0679. The van der Waals surface area contributed by atoms with Crippen LogP contribution in [0.15, 0.2) is 54.9 Å². The van der Waals surface area contributed by atoms with Crippen molar-refractivity contribution in [3.63, 3.8) is 0 Å². The Hall–Kier alpha value is -2.82. The Morgan fingerprint density at radius 2 is 2.17 bits per heavy atom. The van der Waals surface area contributed by atoms with Gasteiger partial charge < -0.3 is 14.5 Å². The van der Waals surface area contributed by atoms with E-state index in [1.165, 1.54) is 0 Å². The molecule has 0 saturated heterocycles. The number of unbranched alkanes of at least 4 members (excludes halogenated alkanes) is 1. The van der Waals surface area contributed by atoms with Gasteiger partial charge in [-0.1, -0.05) is 25.5 Å². The number of carbonyl (C=O) groups is 1. The molecule has 1 aromatic carbocycles. The summed E-state index contributed by atoms with van der Waals surface area (Å²) in [5.74, 6) is 0.594. The van der Waals surface area contributed by atoms with Crippen molar-refractivity contribution in [1.29, 1.82) is 0 Å². The van der Waals surface area contributed by atoms with Crippen LogP contribution in [-0.2, 0) is 6.61 Å². The zero-order valence-electron chi connectivity index (χ0n) is 13.7. The van der Waals surface area contributed by atoms with E-state index in [1.54, 1.807) is 12.1 Å². The van der Waals surface area contributed by atoms with Gasteiger partial charge in [0.2, 0.25) is 0 Å². The molecule has 0 spiro atoms. The van der Waals surface area contributed by atoms with Crippen molar-refractivity contribution in [2.45, 2.75) is 26.4 Å². The van der Waals surface area contributed by atoms with E-state index in [2.05, 4.69) is 17.2 Å². The standard InChI is InChI=1S/C19H21N3O2/c1-2-3-10-20-19(23)15-7-6-8-17(12-15)24-14-16-13-22-11-5-4-9-18(22)21-16/h4-9,11-13H,2-3,10,14H2,1H3,(H,20,23). The zero-order chi connectivity index (χ0) is 16.8. The molecule has 0 aliphatic heterocycles. The number of nitrogens with zero attached hydrogens (tertiary/aromatic N) is 2. The van der Waals surface area contributed by atoms with Crippen molar-refractivity contribution in [2.24, 2.45) is 0 Å². The fourth-order valence-corrected chi connectivity index (χ4v) is 2.42. The van der Waals surface area contributed by atoms with E-state index >= 15 is 0 Å². The van der Waals surface area contributed by atoms with Crippen molar-refractivity contribution in [3.8, 4) is 5.75 Å². The monoisotopic (exact) mass is 323 g/mol. The molecule has 0 aliphatic rings. The summed E-state index contributed by atoms with van der Waals surface area (Å²) in [4.78, 5) is 16.6. The van der Waals surface area contributed by atoms with Crippen molar-refractivity contribution in [1.82, 2.24) is 14.7 Å². The van der Waals surface area contributed by atoms with Gasteiger partial charge in [0.05, 0.1) is 5.69 Å². The molecule has 0 unspecified atom stereocenters. The van der Waals surface area contributed by atoms with Crippen molar-refractivity contribution in [2.75, 3.05) is 6.54 Å². The highest BCUT2D eigenvalue weighted by Crippen LogP contribution is 2.15. The smallest absolute Gasteiger partial charge is 0.251 e. The molecule has 3 aromatic rings. The highest BCUT2D eigenvalue weighted by Gasteiger charge is 2.07. The Kier molecular flexibility index (Phi) is 5.11. The van der Waals surface area contributed by atoms with Gasteiger partial charge in [0, 0.05) is 24.5 Å². The Morgan fingerprint density at radius 3 is 3.00 bits per heavy atom. The first-order valence-electron chi connectivity index (χ1n) is 8.20. The van der Waals surface area contributed by atoms with Crippen LogP contribution in [0.2, 0.25) is 0 Å². The predicted octanol–water partition coefficient (Wildman–Crippen LogP) is 3.44. The molecule has 0 atom stereocenters. The number of rotatable bonds is 7. The lowest BCUT2D eigenvalue weighted by Gasteiger charge is -2.07. The largest absolute Gasteiger partial charge is 0.487 e. The third-order valence-electron chi connectivity index (χ3n) is 3.71. The fourth-order valence-electron chi connectivity index (χ4n) is 2.42. The van der Waals surface area contributed by atoms with Gasteiger partial charge in [0.25, 0.3) is 5.91 Å². The lowest BCUT2D eigenvalue weighted by Crippen LogP contribution is -2.24. The van der Waals surface area contributed by atoms with Crippen LogP contribution in [0.5, 0.6) is 5.75 Å². The molecular formula is C19H21N3O2. The topological polar surface area (TPSA) is 55.6 Å². The third-order valence-corrected chi connectivity index (χ3v) is 3.71. The van der Waals surface area contributed by atoms with Crippen LogP contribution in [0, 0.1) is 0 Å². The number of amides is 1. The molecule has 3 rings (SSSR count). The maximum Gasteiger partial charge on any atom is 0.251 e. The second-order valence-electron chi connectivity index (χ2n) is 5.62. The van der Waals surface area contributed by atoms with Gasteiger partial charge >= 0.3 is 0 Å². The molecule has 1 N–H and O–H groups in total. The minimum absolute atomic E-state index is 0.0679. The number of benzene rings is 1. The van der Waals surface area contributed by atoms with E-state index in [0.29, 0.717) is 24.5 Å². The fraction of sp³-hybridized carbons (Fsp3) is 0.263. The van der Waals surface area contributed by atoms with E-state index < -0.39 is 0 Å². The molecule has 5 heteroatoms. The number of imidazole rings is 1. The minimum Gasteiger partial charge on any atom is -0.487 e. The van der Waals surface area contributed by atoms with Crippen LogP contribution in [-0.4, -0.2) is 21.8 Å². The van der Waals surface area contributed by atoms with E-state index in [9.17, 15) is 4.79 Å². The lowest BCUT2D eigenvalue weighted by molar-refractivity contribution is 0.0952. The predicted molar refractivity (Wildman–Crippen MR) is 93.2 cm³/mol. The van der Waals surface area contributed by atoms with Crippen LogP contribution in [0.25, 0.3) is 5.65 Å². The Labute approximate surface area is 141 Å². The average Bonchev–Trinajstić information content (AvgIpc) is 3.03. The van der Waals surface area contributed by atoms with Crippen molar-refractivity contribution >= 4 is 11.6 Å². The van der Waals surface area contributed by atoms with Gasteiger partial charge in [-0.2, -0.15) is 0 Å². The zero-order valence-corrected chi connectivity index (χ0v) is 13.7.